The summed E-state index contributed by atoms with van der Waals surface area (Å²) in [7, 11) is 0. The highest BCUT2D eigenvalue weighted by Gasteiger charge is 2.29. The molecule has 37 heavy (non-hydrogen) atoms. The van der Waals surface area contributed by atoms with E-state index in [0.717, 1.165) is 6.42 Å². The first-order valence-electron chi connectivity index (χ1n) is 13.5. The van der Waals surface area contributed by atoms with Crippen LogP contribution < -0.4 is 10.3 Å². The minimum absolute atomic E-state index is 0.0880. The van der Waals surface area contributed by atoms with Crippen LogP contribution in [0, 0.1) is 17.3 Å². The Labute approximate surface area is 221 Å². The molecular weight excluding hydrogens is 462 g/mol. The summed E-state index contributed by atoms with van der Waals surface area (Å²) in [4.78, 5) is 34.5. The van der Waals surface area contributed by atoms with Gasteiger partial charge >= 0.3 is 0 Å². The van der Waals surface area contributed by atoms with E-state index in [1.807, 2.05) is 61.2 Å². The lowest BCUT2D eigenvalue weighted by atomic mass is 9.84. The number of benzene rings is 2. The van der Waals surface area contributed by atoms with Crippen LogP contribution >= 0.6 is 0 Å². The molecule has 0 bridgehead atoms. The van der Waals surface area contributed by atoms with Crippen molar-refractivity contribution in [3.8, 4) is 11.4 Å². The molecule has 3 rings (SSSR count). The molecule has 6 heteroatoms. The second kappa shape index (κ2) is 11.9. The van der Waals surface area contributed by atoms with E-state index in [1.165, 1.54) is 0 Å². The van der Waals surface area contributed by atoms with E-state index in [2.05, 4.69) is 41.5 Å². The second-order valence-corrected chi connectivity index (χ2v) is 11.7. The number of aromatic nitrogens is 2. The molecule has 0 saturated heterocycles. The number of amides is 1. The maximum atomic E-state index is 13.9. The third-order valence-corrected chi connectivity index (χ3v) is 6.41. The van der Waals surface area contributed by atoms with Crippen LogP contribution in [-0.2, 0) is 4.79 Å². The Balaban J connectivity index is 2.17. The Hall–Kier alpha value is -3.15. The van der Waals surface area contributed by atoms with Gasteiger partial charge in [0.25, 0.3) is 5.56 Å². The predicted molar refractivity (Wildman–Crippen MR) is 151 cm³/mol. The van der Waals surface area contributed by atoms with E-state index >= 15 is 0 Å². The number of nitrogens with zero attached hydrogens (tertiary/aromatic N) is 3. The van der Waals surface area contributed by atoms with Crippen LogP contribution in [0.25, 0.3) is 16.6 Å². The number of carbonyl (C=O) groups excluding carboxylic acids is 1. The van der Waals surface area contributed by atoms with Crippen LogP contribution in [0.3, 0.4) is 0 Å². The molecule has 1 aromatic heterocycles. The molecule has 0 saturated carbocycles. The molecule has 0 aliphatic rings. The molecule has 2 atom stereocenters. The van der Waals surface area contributed by atoms with E-state index in [9.17, 15) is 9.59 Å². The van der Waals surface area contributed by atoms with Crippen LogP contribution in [0.4, 0.5) is 0 Å². The van der Waals surface area contributed by atoms with Crippen LogP contribution in [0.15, 0.2) is 53.3 Å². The lowest BCUT2D eigenvalue weighted by Gasteiger charge is -2.33. The van der Waals surface area contributed by atoms with Crippen molar-refractivity contribution < 1.29 is 9.53 Å². The molecule has 1 heterocycles. The fourth-order valence-corrected chi connectivity index (χ4v) is 5.12. The Morgan fingerprint density at radius 2 is 1.68 bits per heavy atom. The summed E-state index contributed by atoms with van der Waals surface area (Å²) in [5.74, 6) is 1.75. The number of fused-ring (bicyclic) bond motifs is 1. The number of hydrogen-bond donors (Lipinski definition) is 0. The van der Waals surface area contributed by atoms with E-state index in [-0.39, 0.29) is 28.7 Å². The third-order valence-electron chi connectivity index (χ3n) is 6.41. The van der Waals surface area contributed by atoms with Crippen LogP contribution in [0.1, 0.15) is 80.1 Å². The molecule has 0 spiro atoms. The van der Waals surface area contributed by atoms with E-state index in [0.29, 0.717) is 47.7 Å². The average Bonchev–Trinajstić information content (AvgIpc) is 2.81. The van der Waals surface area contributed by atoms with Gasteiger partial charge in [0.1, 0.15) is 11.6 Å². The van der Waals surface area contributed by atoms with Crippen molar-refractivity contribution in [2.45, 2.75) is 74.3 Å². The summed E-state index contributed by atoms with van der Waals surface area (Å²) in [6.45, 7) is 17.9. The first-order valence-corrected chi connectivity index (χ1v) is 13.5. The van der Waals surface area contributed by atoms with Gasteiger partial charge in [-0.15, -0.1) is 0 Å². The fourth-order valence-electron chi connectivity index (χ4n) is 5.12. The standard InChI is InChI=1S/C31H43N3O3/c1-9-37-27-17-13-12-16-26(27)34-29(32-25-15-11-10-14-24(25)30(34)36)23(5)33(20-21(2)3)28(35)18-22(4)19-31(6,7)8/h10-17,21-23H,9,18-20H2,1-8H3. The maximum Gasteiger partial charge on any atom is 0.266 e. The van der Waals surface area contributed by atoms with Crippen molar-refractivity contribution in [1.82, 2.24) is 14.5 Å². The van der Waals surface area contributed by atoms with Gasteiger partial charge in [-0.1, -0.05) is 65.8 Å². The largest absolute Gasteiger partial charge is 0.492 e. The van der Waals surface area contributed by atoms with Crippen molar-refractivity contribution in [2.24, 2.45) is 17.3 Å². The smallest absolute Gasteiger partial charge is 0.266 e. The Morgan fingerprint density at radius 1 is 1.03 bits per heavy atom. The van der Waals surface area contributed by atoms with Gasteiger partial charge in [-0.2, -0.15) is 0 Å². The van der Waals surface area contributed by atoms with Crippen molar-refractivity contribution >= 4 is 16.8 Å². The molecule has 3 aromatic rings. The minimum Gasteiger partial charge on any atom is -0.492 e. The SMILES string of the molecule is CCOc1ccccc1-n1c(C(C)N(CC(C)C)C(=O)CC(C)CC(C)(C)C)nc2ccccc2c1=O. The summed E-state index contributed by atoms with van der Waals surface area (Å²) < 4.78 is 7.53. The zero-order valence-electron chi connectivity index (χ0n) is 23.7. The summed E-state index contributed by atoms with van der Waals surface area (Å²) in [5, 5.41) is 0.533. The molecule has 0 N–H and O–H groups in total. The van der Waals surface area contributed by atoms with Gasteiger partial charge in [-0.05, 0) is 61.8 Å². The van der Waals surface area contributed by atoms with Crippen molar-refractivity contribution in [2.75, 3.05) is 13.2 Å². The van der Waals surface area contributed by atoms with Crippen LogP contribution in [0.2, 0.25) is 0 Å². The molecule has 0 radical (unpaired) electrons. The summed E-state index contributed by atoms with van der Waals surface area (Å²) in [6.07, 6.45) is 1.42. The van der Waals surface area contributed by atoms with Crippen LogP contribution in [-0.4, -0.2) is 33.5 Å². The lowest BCUT2D eigenvalue weighted by Crippen LogP contribution is -2.40. The second-order valence-electron chi connectivity index (χ2n) is 11.7. The number of ether oxygens (including phenoxy) is 1. The van der Waals surface area contributed by atoms with Crippen molar-refractivity contribution in [3.05, 3.63) is 64.7 Å². The average molecular weight is 506 g/mol. The zero-order valence-corrected chi connectivity index (χ0v) is 23.7. The fraction of sp³-hybridized carbons (Fsp3) is 0.516. The number of hydrogen-bond acceptors (Lipinski definition) is 4. The predicted octanol–water partition coefficient (Wildman–Crippen LogP) is 6.79. The van der Waals surface area contributed by atoms with Gasteiger partial charge in [-0.25, -0.2) is 4.98 Å². The quantitative estimate of drug-likeness (QED) is 0.304. The molecule has 2 unspecified atom stereocenters. The molecule has 0 aliphatic carbocycles. The molecule has 0 fully saturated rings. The molecule has 1 amide bonds. The zero-order chi connectivity index (χ0) is 27.3. The molecule has 200 valence electrons. The van der Waals surface area contributed by atoms with E-state index in [4.69, 9.17) is 9.72 Å². The number of carbonyl (C=O) groups is 1. The molecular formula is C31H43N3O3. The highest BCUT2D eigenvalue weighted by molar-refractivity contribution is 5.79. The normalized spacial score (nSPS) is 13.5. The monoisotopic (exact) mass is 505 g/mol. The highest BCUT2D eigenvalue weighted by atomic mass is 16.5. The topological polar surface area (TPSA) is 64.4 Å². The molecule has 0 aliphatic heterocycles. The van der Waals surface area contributed by atoms with Gasteiger partial charge in [0.05, 0.1) is 29.2 Å². The Kier molecular flexibility index (Phi) is 9.16. The van der Waals surface area contributed by atoms with Gasteiger partial charge in [-0.3, -0.25) is 14.2 Å². The first kappa shape index (κ1) is 28.4. The van der Waals surface area contributed by atoms with Gasteiger partial charge in [0, 0.05) is 13.0 Å². The summed E-state index contributed by atoms with van der Waals surface area (Å²) in [6, 6.07) is 14.5. The third kappa shape index (κ3) is 7.00. The number of rotatable bonds is 10. The Bertz CT molecular complexity index is 1270. The Morgan fingerprint density at radius 3 is 2.32 bits per heavy atom. The summed E-state index contributed by atoms with van der Waals surface area (Å²) >= 11 is 0. The lowest BCUT2D eigenvalue weighted by molar-refractivity contribution is -0.135. The summed E-state index contributed by atoms with van der Waals surface area (Å²) in [5.41, 5.74) is 1.24. The molecule has 2 aromatic carbocycles. The maximum absolute atomic E-state index is 13.9. The number of para-hydroxylation sites is 3. The van der Waals surface area contributed by atoms with Gasteiger partial charge in [0.2, 0.25) is 5.91 Å². The van der Waals surface area contributed by atoms with Gasteiger partial charge in [0.15, 0.2) is 0 Å². The minimum atomic E-state index is -0.413. The molecule has 6 nitrogen and oxygen atoms in total. The highest BCUT2D eigenvalue weighted by Crippen LogP contribution is 2.31. The first-order chi connectivity index (χ1) is 17.4. The van der Waals surface area contributed by atoms with Crippen molar-refractivity contribution in [1.29, 1.82) is 0 Å². The van der Waals surface area contributed by atoms with E-state index < -0.39 is 6.04 Å². The van der Waals surface area contributed by atoms with Crippen molar-refractivity contribution in [3.63, 3.8) is 0 Å². The van der Waals surface area contributed by atoms with Crippen LogP contribution in [0.5, 0.6) is 5.75 Å². The van der Waals surface area contributed by atoms with E-state index in [1.54, 1.807) is 10.6 Å². The van der Waals surface area contributed by atoms with Gasteiger partial charge < -0.3 is 9.64 Å².